The summed E-state index contributed by atoms with van der Waals surface area (Å²) >= 11 is 0. The lowest BCUT2D eigenvalue weighted by Crippen LogP contribution is -2.45. The Kier molecular flexibility index (Phi) is 4.12. The van der Waals surface area contributed by atoms with Gasteiger partial charge in [-0.25, -0.2) is 0 Å². The molecule has 0 radical (unpaired) electrons. The second-order valence-electron chi connectivity index (χ2n) is 4.58. The zero-order valence-corrected chi connectivity index (χ0v) is 9.41. The van der Waals surface area contributed by atoms with Crippen LogP contribution in [0.25, 0.3) is 0 Å². The Morgan fingerprint density at radius 2 is 2.00 bits per heavy atom. The van der Waals surface area contributed by atoms with Gasteiger partial charge in [0.15, 0.2) is 0 Å². The van der Waals surface area contributed by atoms with Crippen molar-refractivity contribution in [2.45, 2.75) is 44.1 Å². The first kappa shape index (κ1) is 12.5. The van der Waals surface area contributed by atoms with Crippen molar-refractivity contribution in [2.75, 3.05) is 6.61 Å². The topological polar surface area (TPSA) is 40.5 Å². The van der Waals surface area contributed by atoms with Gasteiger partial charge in [0.25, 0.3) is 0 Å². The van der Waals surface area contributed by atoms with Gasteiger partial charge in [0, 0.05) is 5.41 Å². The Morgan fingerprint density at radius 3 is 2.53 bits per heavy atom. The van der Waals surface area contributed by atoms with Crippen molar-refractivity contribution in [2.24, 2.45) is 5.41 Å². The van der Waals surface area contributed by atoms with Gasteiger partial charge in [0.1, 0.15) is 0 Å². The average Bonchev–Trinajstić information content (AvgIpc) is 2.57. The van der Waals surface area contributed by atoms with Crippen LogP contribution in [0.2, 0.25) is 0 Å². The molecule has 1 rings (SSSR count). The lowest BCUT2D eigenvalue weighted by molar-refractivity contribution is -0.0669. The molecule has 0 heterocycles. The molecule has 2 nitrogen and oxygen atoms in total. The molecule has 0 amide bonds. The molecule has 0 saturated heterocycles. The molecule has 15 heavy (non-hydrogen) atoms. The summed E-state index contributed by atoms with van der Waals surface area (Å²) < 4.78 is 0. The van der Waals surface area contributed by atoms with Crippen LogP contribution in [0.5, 0.6) is 0 Å². The van der Waals surface area contributed by atoms with Gasteiger partial charge in [-0.1, -0.05) is 12.2 Å². The van der Waals surface area contributed by atoms with Crippen molar-refractivity contribution in [3.8, 4) is 0 Å². The van der Waals surface area contributed by atoms with E-state index in [2.05, 4.69) is 13.2 Å². The highest BCUT2D eigenvalue weighted by Gasteiger charge is 2.50. The van der Waals surface area contributed by atoms with E-state index < -0.39 is 11.0 Å². The maximum Gasteiger partial charge on any atom is 0.0760 e. The molecule has 1 saturated carbocycles. The van der Waals surface area contributed by atoms with Crippen molar-refractivity contribution in [3.05, 3.63) is 25.3 Å². The number of unbranched alkanes of at least 4 members (excludes halogenated alkanes) is 1. The molecule has 86 valence electrons. The van der Waals surface area contributed by atoms with E-state index in [1.165, 1.54) is 0 Å². The van der Waals surface area contributed by atoms with E-state index in [9.17, 15) is 10.2 Å². The van der Waals surface area contributed by atoms with Crippen molar-refractivity contribution >= 4 is 0 Å². The van der Waals surface area contributed by atoms with Gasteiger partial charge in [-0.05, 0) is 38.5 Å². The van der Waals surface area contributed by atoms with Crippen LogP contribution in [0.1, 0.15) is 38.5 Å². The van der Waals surface area contributed by atoms with Crippen LogP contribution in [-0.2, 0) is 0 Å². The van der Waals surface area contributed by atoms with Gasteiger partial charge in [0.05, 0.1) is 12.2 Å². The minimum atomic E-state index is -0.757. The average molecular weight is 210 g/mol. The number of allylic oxidation sites excluding steroid dienone is 1. The van der Waals surface area contributed by atoms with Gasteiger partial charge in [-0.3, -0.25) is 0 Å². The quantitative estimate of drug-likeness (QED) is 0.522. The number of aliphatic hydroxyl groups is 2. The van der Waals surface area contributed by atoms with E-state index in [-0.39, 0.29) is 6.61 Å². The Morgan fingerprint density at radius 1 is 1.27 bits per heavy atom. The van der Waals surface area contributed by atoms with Crippen LogP contribution < -0.4 is 0 Å². The molecular formula is C13H22O2. The smallest absolute Gasteiger partial charge is 0.0760 e. The van der Waals surface area contributed by atoms with Gasteiger partial charge in [-0.2, -0.15) is 0 Å². The van der Waals surface area contributed by atoms with E-state index in [1.807, 2.05) is 6.08 Å². The molecule has 0 aromatic carbocycles. The van der Waals surface area contributed by atoms with E-state index in [0.717, 1.165) is 38.5 Å². The Balaban J connectivity index is 2.71. The summed E-state index contributed by atoms with van der Waals surface area (Å²) in [7, 11) is 0. The minimum absolute atomic E-state index is 0.00108. The fourth-order valence-electron chi connectivity index (χ4n) is 2.67. The molecule has 0 aliphatic heterocycles. The zero-order chi connectivity index (χ0) is 11.4. The van der Waals surface area contributed by atoms with E-state index in [0.29, 0.717) is 0 Å². The second kappa shape index (κ2) is 4.95. The predicted octanol–water partition coefficient (Wildman–Crippen LogP) is 2.42. The molecular weight excluding hydrogens is 188 g/mol. The third-order valence-electron chi connectivity index (χ3n) is 3.81. The Bertz CT molecular complexity index is 237. The largest absolute Gasteiger partial charge is 0.395 e. The van der Waals surface area contributed by atoms with Crippen LogP contribution in [0.4, 0.5) is 0 Å². The minimum Gasteiger partial charge on any atom is -0.395 e. The summed E-state index contributed by atoms with van der Waals surface area (Å²) in [4.78, 5) is 0. The first-order valence-electron chi connectivity index (χ1n) is 5.72. The van der Waals surface area contributed by atoms with Gasteiger partial charge in [0.2, 0.25) is 0 Å². The highest BCUT2D eigenvalue weighted by molar-refractivity contribution is 5.12. The van der Waals surface area contributed by atoms with Crippen molar-refractivity contribution in [3.63, 3.8) is 0 Å². The van der Waals surface area contributed by atoms with Crippen LogP contribution in [0.3, 0.4) is 0 Å². The lowest BCUT2D eigenvalue weighted by atomic mass is 9.72. The summed E-state index contributed by atoms with van der Waals surface area (Å²) in [6, 6.07) is 0. The first-order valence-corrected chi connectivity index (χ1v) is 5.72. The molecule has 0 aromatic rings. The van der Waals surface area contributed by atoms with Gasteiger partial charge in [-0.15, -0.1) is 13.2 Å². The van der Waals surface area contributed by atoms with Gasteiger partial charge >= 0.3 is 0 Å². The second-order valence-corrected chi connectivity index (χ2v) is 4.58. The summed E-state index contributed by atoms with van der Waals surface area (Å²) in [6.45, 7) is 7.44. The van der Waals surface area contributed by atoms with E-state index in [4.69, 9.17) is 0 Å². The third kappa shape index (κ3) is 2.16. The van der Waals surface area contributed by atoms with Gasteiger partial charge < -0.3 is 10.2 Å². The normalized spacial score (nSPS) is 35.3. The van der Waals surface area contributed by atoms with Crippen LogP contribution >= 0.6 is 0 Å². The molecule has 1 aliphatic carbocycles. The SMILES string of the molecule is C=CCCC[C@]1(O)CCC[C@@]1(C=C)CO. The third-order valence-corrected chi connectivity index (χ3v) is 3.81. The highest BCUT2D eigenvalue weighted by atomic mass is 16.3. The fourth-order valence-corrected chi connectivity index (χ4v) is 2.67. The molecule has 0 aromatic heterocycles. The molecule has 2 N–H and O–H groups in total. The van der Waals surface area contributed by atoms with Crippen LogP contribution in [0, 0.1) is 5.41 Å². The van der Waals surface area contributed by atoms with Crippen LogP contribution in [-0.4, -0.2) is 22.4 Å². The lowest BCUT2D eigenvalue weighted by Gasteiger charge is -2.39. The highest BCUT2D eigenvalue weighted by Crippen LogP contribution is 2.49. The fraction of sp³-hybridized carbons (Fsp3) is 0.692. The molecule has 0 bridgehead atoms. The standard InChI is InChI=1S/C13H22O2/c1-3-5-6-9-13(15)10-7-8-12(13,4-2)11-14/h3-4,14-15H,1-2,5-11H2/t12-,13-/m0/s1. The number of aliphatic hydroxyl groups excluding tert-OH is 1. The molecule has 1 aliphatic rings. The van der Waals surface area contributed by atoms with E-state index >= 15 is 0 Å². The molecule has 2 heteroatoms. The predicted molar refractivity (Wildman–Crippen MR) is 62.6 cm³/mol. The van der Waals surface area contributed by atoms with E-state index in [1.54, 1.807) is 6.08 Å². The summed E-state index contributed by atoms with van der Waals surface area (Å²) in [5, 5.41) is 20.0. The number of hydrogen-bond donors (Lipinski definition) is 2. The maximum absolute atomic E-state index is 10.6. The Labute approximate surface area is 92.3 Å². The maximum atomic E-state index is 10.6. The zero-order valence-electron chi connectivity index (χ0n) is 9.41. The molecule has 1 fully saturated rings. The van der Waals surface area contributed by atoms with Crippen molar-refractivity contribution < 1.29 is 10.2 Å². The Hall–Kier alpha value is -0.600. The monoisotopic (exact) mass is 210 g/mol. The summed E-state index contributed by atoms with van der Waals surface area (Å²) in [5.74, 6) is 0. The first-order chi connectivity index (χ1) is 7.14. The number of rotatable bonds is 6. The summed E-state index contributed by atoms with van der Waals surface area (Å²) in [6.07, 6.45) is 8.77. The molecule has 2 atom stereocenters. The molecule has 0 unspecified atom stereocenters. The van der Waals surface area contributed by atoms with Crippen molar-refractivity contribution in [1.82, 2.24) is 0 Å². The number of hydrogen-bond acceptors (Lipinski definition) is 2. The summed E-state index contributed by atoms with van der Waals surface area (Å²) in [5.41, 5.74) is -1.24. The van der Waals surface area contributed by atoms with Crippen molar-refractivity contribution in [1.29, 1.82) is 0 Å². The molecule has 0 spiro atoms. The van der Waals surface area contributed by atoms with Crippen LogP contribution in [0.15, 0.2) is 25.3 Å².